The summed E-state index contributed by atoms with van der Waals surface area (Å²) in [5, 5.41) is 0. The van der Waals surface area contributed by atoms with Crippen molar-refractivity contribution >= 4 is 6.21 Å². The number of halogens is 1. The Labute approximate surface area is 65.6 Å². The molecule has 2 heteroatoms. The lowest BCUT2D eigenvalue weighted by Gasteiger charge is -1.96. The minimum Gasteiger partial charge on any atom is -0.296 e. The van der Waals surface area contributed by atoms with Crippen molar-refractivity contribution in [1.29, 1.82) is 0 Å². The van der Waals surface area contributed by atoms with Gasteiger partial charge in [-0.25, -0.2) is 4.39 Å². The molecule has 1 aromatic carbocycles. The van der Waals surface area contributed by atoms with Crippen molar-refractivity contribution in [3.8, 4) is 0 Å². The fourth-order valence-electron chi connectivity index (χ4n) is 0.901. The Morgan fingerprint density at radius 1 is 1.45 bits per heavy atom. The first-order chi connectivity index (χ1) is 5.24. The standard InChI is InChI=1S/C9H10FN/c1-7-3-4-9(10)8(5-7)6-11-2/h3-6H,1-2H3/b11-6+. The second-order valence-corrected chi connectivity index (χ2v) is 2.41. The molecule has 0 heterocycles. The average Bonchev–Trinajstić information content (AvgIpc) is 1.98. The van der Waals surface area contributed by atoms with Crippen LogP contribution in [0.3, 0.4) is 0 Å². The van der Waals surface area contributed by atoms with Crippen LogP contribution in [0.25, 0.3) is 0 Å². The summed E-state index contributed by atoms with van der Waals surface area (Å²) in [7, 11) is 1.63. The number of hydrogen-bond acceptors (Lipinski definition) is 1. The van der Waals surface area contributed by atoms with E-state index in [0.717, 1.165) is 5.56 Å². The monoisotopic (exact) mass is 151 g/mol. The molecule has 58 valence electrons. The maximum atomic E-state index is 12.9. The molecule has 0 aromatic heterocycles. The highest BCUT2D eigenvalue weighted by molar-refractivity contribution is 5.80. The van der Waals surface area contributed by atoms with E-state index in [4.69, 9.17) is 0 Å². The lowest BCUT2D eigenvalue weighted by Crippen LogP contribution is -1.88. The van der Waals surface area contributed by atoms with Crippen LogP contribution in [0.15, 0.2) is 23.2 Å². The van der Waals surface area contributed by atoms with Gasteiger partial charge in [-0.05, 0) is 19.1 Å². The maximum absolute atomic E-state index is 12.9. The molecule has 0 aliphatic rings. The average molecular weight is 151 g/mol. The molecule has 0 unspecified atom stereocenters. The number of nitrogens with zero attached hydrogens (tertiary/aromatic N) is 1. The van der Waals surface area contributed by atoms with Gasteiger partial charge in [0.05, 0.1) is 0 Å². The van der Waals surface area contributed by atoms with E-state index in [1.807, 2.05) is 6.92 Å². The summed E-state index contributed by atoms with van der Waals surface area (Å²) < 4.78 is 12.9. The van der Waals surface area contributed by atoms with Gasteiger partial charge >= 0.3 is 0 Å². The fraction of sp³-hybridized carbons (Fsp3) is 0.222. The molecule has 0 fully saturated rings. The van der Waals surface area contributed by atoms with Gasteiger partial charge < -0.3 is 0 Å². The summed E-state index contributed by atoms with van der Waals surface area (Å²) in [5.41, 5.74) is 1.59. The molecule has 0 amide bonds. The molecule has 0 radical (unpaired) electrons. The molecule has 0 saturated heterocycles. The minimum atomic E-state index is -0.221. The molecule has 1 aromatic rings. The van der Waals surface area contributed by atoms with E-state index in [2.05, 4.69) is 4.99 Å². The van der Waals surface area contributed by atoms with Gasteiger partial charge in [0, 0.05) is 18.8 Å². The molecule has 1 rings (SSSR count). The Morgan fingerprint density at radius 3 is 2.82 bits per heavy atom. The maximum Gasteiger partial charge on any atom is 0.131 e. The third-order valence-corrected chi connectivity index (χ3v) is 1.42. The first-order valence-electron chi connectivity index (χ1n) is 3.42. The van der Waals surface area contributed by atoms with Crippen molar-refractivity contribution in [2.45, 2.75) is 6.92 Å². The zero-order chi connectivity index (χ0) is 8.27. The molecule has 0 saturated carbocycles. The summed E-state index contributed by atoms with van der Waals surface area (Å²) in [6, 6.07) is 4.96. The lowest BCUT2D eigenvalue weighted by molar-refractivity contribution is 0.625. The molecule has 0 N–H and O–H groups in total. The number of hydrogen-bond donors (Lipinski definition) is 0. The highest BCUT2D eigenvalue weighted by atomic mass is 19.1. The fourth-order valence-corrected chi connectivity index (χ4v) is 0.901. The second-order valence-electron chi connectivity index (χ2n) is 2.41. The smallest absolute Gasteiger partial charge is 0.131 e. The van der Waals surface area contributed by atoms with Crippen LogP contribution in [0.1, 0.15) is 11.1 Å². The molecule has 1 nitrogen and oxygen atoms in total. The van der Waals surface area contributed by atoms with E-state index in [0.29, 0.717) is 5.56 Å². The summed E-state index contributed by atoms with van der Waals surface area (Å²) in [6.07, 6.45) is 1.52. The quantitative estimate of drug-likeness (QED) is 0.545. The van der Waals surface area contributed by atoms with Gasteiger partial charge in [0.1, 0.15) is 5.82 Å². The van der Waals surface area contributed by atoms with E-state index in [1.54, 1.807) is 19.2 Å². The second kappa shape index (κ2) is 3.28. The van der Waals surface area contributed by atoms with Crippen LogP contribution < -0.4 is 0 Å². The van der Waals surface area contributed by atoms with Crippen LogP contribution in [0.4, 0.5) is 4.39 Å². The molecule has 0 aliphatic carbocycles. The molecule has 0 spiro atoms. The van der Waals surface area contributed by atoms with E-state index >= 15 is 0 Å². The molecule has 0 bridgehead atoms. The lowest BCUT2D eigenvalue weighted by atomic mass is 10.1. The minimum absolute atomic E-state index is 0.221. The van der Waals surface area contributed by atoms with Crippen molar-refractivity contribution in [2.75, 3.05) is 7.05 Å². The van der Waals surface area contributed by atoms with Crippen LogP contribution in [0.2, 0.25) is 0 Å². The van der Waals surface area contributed by atoms with Crippen LogP contribution in [-0.4, -0.2) is 13.3 Å². The third kappa shape index (κ3) is 1.87. The van der Waals surface area contributed by atoms with Crippen molar-refractivity contribution in [3.05, 3.63) is 35.1 Å². The van der Waals surface area contributed by atoms with Crippen LogP contribution in [0.5, 0.6) is 0 Å². The zero-order valence-electron chi connectivity index (χ0n) is 6.63. The number of rotatable bonds is 1. The molecular weight excluding hydrogens is 141 g/mol. The first kappa shape index (κ1) is 7.92. The predicted molar refractivity (Wildman–Crippen MR) is 44.7 cm³/mol. The Kier molecular flexibility index (Phi) is 2.36. The summed E-state index contributed by atoms with van der Waals surface area (Å²) in [4.78, 5) is 3.74. The number of aliphatic imine (C=N–C) groups is 1. The summed E-state index contributed by atoms with van der Waals surface area (Å²) in [6.45, 7) is 1.92. The number of aryl methyl sites for hydroxylation is 1. The van der Waals surface area contributed by atoms with Crippen molar-refractivity contribution in [3.63, 3.8) is 0 Å². The van der Waals surface area contributed by atoms with Crippen LogP contribution >= 0.6 is 0 Å². The van der Waals surface area contributed by atoms with Gasteiger partial charge in [-0.3, -0.25) is 4.99 Å². The molecular formula is C9H10FN. The third-order valence-electron chi connectivity index (χ3n) is 1.42. The Balaban J connectivity index is 3.12. The number of benzene rings is 1. The van der Waals surface area contributed by atoms with Crippen LogP contribution in [0, 0.1) is 12.7 Å². The highest BCUT2D eigenvalue weighted by Crippen LogP contribution is 2.06. The normalized spacial score (nSPS) is 10.8. The van der Waals surface area contributed by atoms with E-state index in [-0.39, 0.29) is 5.82 Å². The van der Waals surface area contributed by atoms with Gasteiger partial charge in [0.15, 0.2) is 0 Å². The van der Waals surface area contributed by atoms with Crippen molar-refractivity contribution < 1.29 is 4.39 Å². The summed E-state index contributed by atoms with van der Waals surface area (Å²) >= 11 is 0. The Bertz CT molecular complexity index is 279. The molecule has 11 heavy (non-hydrogen) atoms. The zero-order valence-corrected chi connectivity index (χ0v) is 6.63. The SMILES string of the molecule is C/N=C/c1cc(C)ccc1F. The first-order valence-corrected chi connectivity index (χ1v) is 3.42. The highest BCUT2D eigenvalue weighted by Gasteiger charge is 1.96. The van der Waals surface area contributed by atoms with Gasteiger partial charge in [0.2, 0.25) is 0 Å². The molecule has 0 atom stereocenters. The van der Waals surface area contributed by atoms with Gasteiger partial charge in [-0.1, -0.05) is 11.6 Å². The Morgan fingerprint density at radius 2 is 2.18 bits per heavy atom. The van der Waals surface area contributed by atoms with Crippen molar-refractivity contribution in [2.24, 2.45) is 4.99 Å². The topological polar surface area (TPSA) is 12.4 Å². The van der Waals surface area contributed by atoms with Crippen LogP contribution in [-0.2, 0) is 0 Å². The molecule has 0 aliphatic heterocycles. The van der Waals surface area contributed by atoms with E-state index in [9.17, 15) is 4.39 Å². The summed E-state index contributed by atoms with van der Waals surface area (Å²) in [5.74, 6) is -0.221. The van der Waals surface area contributed by atoms with Gasteiger partial charge in [-0.2, -0.15) is 0 Å². The van der Waals surface area contributed by atoms with Gasteiger partial charge in [0.25, 0.3) is 0 Å². The largest absolute Gasteiger partial charge is 0.296 e. The van der Waals surface area contributed by atoms with Crippen molar-refractivity contribution in [1.82, 2.24) is 0 Å². The van der Waals surface area contributed by atoms with Gasteiger partial charge in [-0.15, -0.1) is 0 Å². The van der Waals surface area contributed by atoms with E-state index < -0.39 is 0 Å². The van der Waals surface area contributed by atoms with E-state index in [1.165, 1.54) is 12.3 Å². The Hall–Kier alpha value is -1.18. The predicted octanol–water partition coefficient (Wildman–Crippen LogP) is 2.18.